The van der Waals surface area contributed by atoms with Crippen molar-refractivity contribution in [1.29, 1.82) is 0 Å². The van der Waals surface area contributed by atoms with E-state index in [0.29, 0.717) is 16.9 Å². The fourth-order valence-corrected chi connectivity index (χ4v) is 4.06. The summed E-state index contributed by atoms with van der Waals surface area (Å²) < 4.78 is 30.0. The molecule has 0 spiro atoms. The zero-order valence-corrected chi connectivity index (χ0v) is 15.1. The van der Waals surface area contributed by atoms with Crippen LogP contribution in [0.3, 0.4) is 0 Å². The SMILES string of the molecule is Cc1cn(-c2ccc(S(=O)(=O)Nc3c(C)cccc3N)c(C)c2)cn1. The molecule has 0 radical (unpaired) electrons. The highest BCUT2D eigenvalue weighted by atomic mass is 32.2. The molecule has 0 bridgehead atoms. The molecule has 0 aliphatic carbocycles. The molecule has 6 nitrogen and oxygen atoms in total. The molecule has 0 saturated carbocycles. The van der Waals surface area contributed by atoms with Crippen molar-refractivity contribution in [3.05, 3.63) is 65.7 Å². The standard InChI is InChI=1S/C18H20N4O2S/c1-12-5-4-6-16(19)18(12)21-25(23,24)17-8-7-15(9-13(17)2)22-10-14(3)20-11-22/h4-11,21H,19H2,1-3H3. The molecule has 130 valence electrons. The predicted molar refractivity (Wildman–Crippen MR) is 99.4 cm³/mol. The summed E-state index contributed by atoms with van der Waals surface area (Å²) in [5.41, 5.74) is 9.88. The number of anilines is 2. The van der Waals surface area contributed by atoms with Gasteiger partial charge in [0.1, 0.15) is 0 Å². The maximum atomic E-state index is 12.8. The lowest BCUT2D eigenvalue weighted by Gasteiger charge is -2.15. The van der Waals surface area contributed by atoms with Crippen LogP contribution in [0.2, 0.25) is 0 Å². The predicted octanol–water partition coefficient (Wildman–Crippen LogP) is 3.18. The topological polar surface area (TPSA) is 90.0 Å². The summed E-state index contributed by atoms with van der Waals surface area (Å²) in [4.78, 5) is 4.41. The van der Waals surface area contributed by atoms with E-state index in [2.05, 4.69) is 9.71 Å². The lowest BCUT2D eigenvalue weighted by molar-refractivity contribution is 0.600. The summed E-state index contributed by atoms with van der Waals surface area (Å²) >= 11 is 0. The number of sulfonamides is 1. The lowest BCUT2D eigenvalue weighted by atomic mass is 10.2. The summed E-state index contributed by atoms with van der Waals surface area (Å²) in [5, 5.41) is 0. The molecule has 1 heterocycles. The van der Waals surface area contributed by atoms with Gasteiger partial charge in [0.2, 0.25) is 0 Å². The molecule has 7 heteroatoms. The van der Waals surface area contributed by atoms with Crippen LogP contribution in [-0.2, 0) is 10.0 Å². The largest absolute Gasteiger partial charge is 0.397 e. The van der Waals surface area contributed by atoms with Gasteiger partial charge in [-0.2, -0.15) is 0 Å². The van der Waals surface area contributed by atoms with E-state index in [1.807, 2.05) is 36.7 Å². The van der Waals surface area contributed by atoms with Crippen molar-refractivity contribution in [1.82, 2.24) is 9.55 Å². The minimum Gasteiger partial charge on any atom is -0.397 e. The van der Waals surface area contributed by atoms with Crippen LogP contribution in [0.1, 0.15) is 16.8 Å². The maximum absolute atomic E-state index is 12.8. The average Bonchev–Trinajstić information content (AvgIpc) is 2.97. The minimum absolute atomic E-state index is 0.218. The second-order valence-corrected chi connectivity index (χ2v) is 7.67. The molecular formula is C18H20N4O2S. The molecule has 0 atom stereocenters. The van der Waals surface area contributed by atoms with Gasteiger partial charge in [-0.3, -0.25) is 4.72 Å². The Bertz CT molecular complexity index is 1020. The van der Waals surface area contributed by atoms with Gasteiger partial charge >= 0.3 is 0 Å². The monoisotopic (exact) mass is 356 g/mol. The Morgan fingerprint density at radius 3 is 2.44 bits per heavy atom. The second-order valence-electron chi connectivity index (χ2n) is 6.02. The second kappa shape index (κ2) is 6.25. The van der Waals surface area contributed by atoms with Gasteiger partial charge in [0, 0.05) is 11.9 Å². The Labute approximate surface area is 147 Å². The quantitative estimate of drug-likeness (QED) is 0.703. The molecule has 3 aromatic rings. The number of imidazole rings is 1. The van der Waals surface area contributed by atoms with Crippen LogP contribution in [0.25, 0.3) is 5.69 Å². The number of para-hydroxylation sites is 1. The molecule has 3 rings (SSSR count). The van der Waals surface area contributed by atoms with Crippen molar-refractivity contribution in [2.75, 3.05) is 10.5 Å². The van der Waals surface area contributed by atoms with E-state index in [4.69, 9.17) is 5.73 Å². The molecule has 1 aromatic heterocycles. The van der Waals surface area contributed by atoms with Gasteiger partial charge in [-0.05, 0) is 56.2 Å². The van der Waals surface area contributed by atoms with E-state index < -0.39 is 10.0 Å². The van der Waals surface area contributed by atoms with Crippen molar-refractivity contribution in [3.63, 3.8) is 0 Å². The van der Waals surface area contributed by atoms with Crippen LogP contribution in [0.15, 0.2) is 53.8 Å². The number of nitrogens with zero attached hydrogens (tertiary/aromatic N) is 2. The molecule has 0 aliphatic heterocycles. The molecule has 0 saturated heterocycles. The number of nitrogens with two attached hydrogens (primary N) is 1. The number of nitrogens with one attached hydrogen (secondary N) is 1. The fourth-order valence-electron chi connectivity index (χ4n) is 2.68. The number of rotatable bonds is 4. The summed E-state index contributed by atoms with van der Waals surface area (Å²) in [6.45, 7) is 5.48. The third-order valence-corrected chi connectivity index (χ3v) is 5.51. The number of aryl methyl sites for hydroxylation is 3. The first-order valence-electron chi connectivity index (χ1n) is 7.77. The van der Waals surface area contributed by atoms with E-state index in [0.717, 1.165) is 16.9 Å². The molecule has 0 aliphatic rings. The van der Waals surface area contributed by atoms with Crippen LogP contribution in [0, 0.1) is 20.8 Å². The maximum Gasteiger partial charge on any atom is 0.262 e. The summed E-state index contributed by atoms with van der Waals surface area (Å²) in [7, 11) is -3.74. The van der Waals surface area contributed by atoms with Crippen LogP contribution in [0.4, 0.5) is 11.4 Å². The molecule has 2 aromatic carbocycles. The third kappa shape index (κ3) is 3.36. The number of benzene rings is 2. The van der Waals surface area contributed by atoms with Gasteiger partial charge in [-0.25, -0.2) is 13.4 Å². The zero-order valence-electron chi connectivity index (χ0n) is 14.3. The van der Waals surface area contributed by atoms with Crippen LogP contribution >= 0.6 is 0 Å². The molecule has 25 heavy (non-hydrogen) atoms. The first kappa shape index (κ1) is 17.0. The van der Waals surface area contributed by atoms with E-state index in [1.54, 1.807) is 37.5 Å². The number of hydrogen-bond donors (Lipinski definition) is 2. The molecule has 3 N–H and O–H groups in total. The summed E-state index contributed by atoms with van der Waals surface area (Å²) in [6, 6.07) is 10.4. The number of hydrogen-bond acceptors (Lipinski definition) is 4. The van der Waals surface area contributed by atoms with Crippen molar-refractivity contribution < 1.29 is 8.42 Å². The number of aromatic nitrogens is 2. The summed E-state index contributed by atoms with van der Waals surface area (Å²) in [6.07, 6.45) is 3.58. The Morgan fingerprint density at radius 2 is 1.84 bits per heavy atom. The molecule has 0 fully saturated rings. The van der Waals surface area contributed by atoms with Gasteiger partial charge in [-0.15, -0.1) is 0 Å². The van der Waals surface area contributed by atoms with Gasteiger partial charge < -0.3 is 10.3 Å². The third-order valence-electron chi connectivity index (χ3n) is 4.00. The van der Waals surface area contributed by atoms with Gasteiger partial charge in [0.25, 0.3) is 10.0 Å². The van der Waals surface area contributed by atoms with Gasteiger partial charge in [0.05, 0.1) is 28.3 Å². The lowest BCUT2D eigenvalue weighted by Crippen LogP contribution is -2.16. The Hall–Kier alpha value is -2.80. The highest BCUT2D eigenvalue weighted by Crippen LogP contribution is 2.27. The number of nitrogen functional groups attached to an aromatic ring is 1. The Kier molecular flexibility index (Phi) is 4.26. The molecule has 0 unspecified atom stereocenters. The van der Waals surface area contributed by atoms with Crippen molar-refractivity contribution >= 4 is 21.4 Å². The van der Waals surface area contributed by atoms with E-state index in [-0.39, 0.29) is 4.90 Å². The van der Waals surface area contributed by atoms with Crippen molar-refractivity contribution in [2.45, 2.75) is 25.7 Å². The van der Waals surface area contributed by atoms with E-state index >= 15 is 0 Å². The smallest absolute Gasteiger partial charge is 0.262 e. The van der Waals surface area contributed by atoms with Gasteiger partial charge in [-0.1, -0.05) is 12.1 Å². The zero-order chi connectivity index (χ0) is 18.2. The first-order chi connectivity index (χ1) is 11.8. The Morgan fingerprint density at radius 1 is 1.08 bits per heavy atom. The van der Waals surface area contributed by atoms with Crippen molar-refractivity contribution in [3.8, 4) is 5.69 Å². The normalized spacial score (nSPS) is 11.5. The first-order valence-corrected chi connectivity index (χ1v) is 9.26. The Balaban J connectivity index is 1.98. The van der Waals surface area contributed by atoms with Gasteiger partial charge in [0.15, 0.2) is 0 Å². The van der Waals surface area contributed by atoms with E-state index in [1.165, 1.54) is 0 Å². The van der Waals surface area contributed by atoms with Crippen LogP contribution in [-0.4, -0.2) is 18.0 Å². The molecule has 0 amide bonds. The highest BCUT2D eigenvalue weighted by Gasteiger charge is 2.19. The van der Waals surface area contributed by atoms with Crippen LogP contribution < -0.4 is 10.5 Å². The molecular weight excluding hydrogens is 336 g/mol. The summed E-state index contributed by atoms with van der Waals surface area (Å²) in [5.74, 6) is 0. The van der Waals surface area contributed by atoms with E-state index in [9.17, 15) is 8.42 Å². The fraction of sp³-hybridized carbons (Fsp3) is 0.167. The van der Waals surface area contributed by atoms with Crippen LogP contribution in [0.5, 0.6) is 0 Å². The highest BCUT2D eigenvalue weighted by molar-refractivity contribution is 7.92. The minimum atomic E-state index is -3.74. The van der Waals surface area contributed by atoms with Crippen molar-refractivity contribution in [2.24, 2.45) is 0 Å². The average molecular weight is 356 g/mol.